The highest BCUT2D eigenvalue weighted by atomic mass is 28.3. The summed E-state index contributed by atoms with van der Waals surface area (Å²) in [4.78, 5) is 2.48. The van der Waals surface area contributed by atoms with E-state index in [0.717, 1.165) is 96.7 Å². The third-order valence-electron chi connectivity index (χ3n) is 4.31. The molecule has 2 N–H and O–H groups in total. The summed E-state index contributed by atoms with van der Waals surface area (Å²) in [6, 6.07) is 2.16. The van der Waals surface area contributed by atoms with Crippen LogP contribution in [0.2, 0.25) is 12.1 Å². The second kappa shape index (κ2) is 21.9. The van der Waals surface area contributed by atoms with Gasteiger partial charge in [0, 0.05) is 39.5 Å². The van der Waals surface area contributed by atoms with Gasteiger partial charge in [-0.15, -0.1) is 0 Å². The van der Waals surface area contributed by atoms with E-state index in [1.807, 2.05) is 0 Å². The van der Waals surface area contributed by atoms with Crippen molar-refractivity contribution < 1.29 is 17.7 Å². The SMILES string of the molecule is CCCO[SiH](CCCN(CCN)CCC[SiH](OCCC)OCCC)OCCC. The van der Waals surface area contributed by atoms with E-state index in [0.29, 0.717) is 6.54 Å². The van der Waals surface area contributed by atoms with Crippen LogP contribution in [-0.4, -0.2) is 76.1 Å². The highest BCUT2D eigenvalue weighted by Gasteiger charge is 2.16. The van der Waals surface area contributed by atoms with Crippen LogP contribution in [0.15, 0.2) is 0 Å². The summed E-state index contributed by atoms with van der Waals surface area (Å²) in [5.41, 5.74) is 5.83. The summed E-state index contributed by atoms with van der Waals surface area (Å²) < 4.78 is 23.9. The fourth-order valence-corrected chi connectivity index (χ4v) is 6.79. The first-order chi connectivity index (χ1) is 13.7. The molecule has 0 atom stereocenters. The molecule has 0 aliphatic heterocycles. The van der Waals surface area contributed by atoms with Gasteiger partial charge < -0.3 is 28.3 Å². The Balaban J connectivity index is 4.22. The topological polar surface area (TPSA) is 66.2 Å². The first kappa shape index (κ1) is 28.2. The van der Waals surface area contributed by atoms with Crippen LogP contribution in [0, 0.1) is 0 Å². The Hall–Kier alpha value is 0.194. The van der Waals surface area contributed by atoms with E-state index in [2.05, 4.69) is 32.6 Å². The quantitative estimate of drug-likeness (QED) is 0.263. The molecule has 0 aromatic rings. The molecule has 170 valence electrons. The monoisotopic (exact) mass is 436 g/mol. The fraction of sp³-hybridized carbons (Fsp3) is 1.00. The summed E-state index contributed by atoms with van der Waals surface area (Å²) in [7, 11) is -3.02. The third kappa shape index (κ3) is 17.1. The molecule has 0 unspecified atom stereocenters. The molecule has 6 nitrogen and oxygen atoms in total. The minimum atomic E-state index is -1.51. The van der Waals surface area contributed by atoms with E-state index in [1.54, 1.807) is 0 Å². The maximum Gasteiger partial charge on any atom is 0.321 e. The van der Waals surface area contributed by atoms with E-state index in [9.17, 15) is 0 Å². The van der Waals surface area contributed by atoms with Gasteiger partial charge in [-0.05, 0) is 63.7 Å². The summed E-state index contributed by atoms with van der Waals surface area (Å²) in [6.45, 7) is 15.7. The number of hydrogen-bond acceptors (Lipinski definition) is 6. The molecule has 8 heteroatoms. The Bertz CT molecular complexity index is 276. The molecule has 28 heavy (non-hydrogen) atoms. The maximum absolute atomic E-state index is 5.97. The second-order valence-corrected chi connectivity index (χ2v) is 11.5. The van der Waals surface area contributed by atoms with Crippen molar-refractivity contribution in [1.82, 2.24) is 4.90 Å². The van der Waals surface area contributed by atoms with E-state index >= 15 is 0 Å². The predicted molar refractivity (Wildman–Crippen MR) is 124 cm³/mol. The summed E-state index contributed by atoms with van der Waals surface area (Å²) >= 11 is 0. The van der Waals surface area contributed by atoms with E-state index in [-0.39, 0.29) is 0 Å². The van der Waals surface area contributed by atoms with Crippen LogP contribution < -0.4 is 5.73 Å². The van der Waals surface area contributed by atoms with Crippen molar-refractivity contribution in [1.29, 1.82) is 0 Å². The average Bonchev–Trinajstić information content (AvgIpc) is 2.71. The van der Waals surface area contributed by atoms with Crippen LogP contribution >= 0.6 is 0 Å². The zero-order valence-corrected chi connectivity index (χ0v) is 21.4. The summed E-state index contributed by atoms with van der Waals surface area (Å²) in [6.07, 6.45) is 6.49. The first-order valence-electron chi connectivity index (χ1n) is 11.6. The van der Waals surface area contributed by atoms with Gasteiger partial charge in [0.1, 0.15) is 0 Å². The molecule has 0 saturated carbocycles. The second-order valence-electron chi connectivity index (χ2n) is 7.26. The van der Waals surface area contributed by atoms with Gasteiger partial charge in [-0.3, -0.25) is 0 Å². The van der Waals surface area contributed by atoms with Crippen molar-refractivity contribution in [2.45, 2.75) is 78.3 Å². The van der Waals surface area contributed by atoms with E-state index in [1.165, 1.54) is 0 Å². The largest absolute Gasteiger partial charge is 0.397 e. The third-order valence-corrected chi connectivity index (χ3v) is 8.49. The van der Waals surface area contributed by atoms with Crippen molar-refractivity contribution in [3.8, 4) is 0 Å². The molecule has 0 spiro atoms. The van der Waals surface area contributed by atoms with Crippen molar-refractivity contribution in [2.75, 3.05) is 52.6 Å². The molecule has 0 rings (SSSR count). The molecule has 0 aromatic carbocycles. The molecule has 0 aliphatic carbocycles. The Morgan fingerprint density at radius 2 is 0.964 bits per heavy atom. The normalized spacial score (nSPS) is 12.0. The smallest absolute Gasteiger partial charge is 0.321 e. The fourth-order valence-electron chi connectivity index (χ4n) is 2.91. The van der Waals surface area contributed by atoms with Gasteiger partial charge in [-0.2, -0.15) is 0 Å². The van der Waals surface area contributed by atoms with Crippen LogP contribution in [0.5, 0.6) is 0 Å². The minimum absolute atomic E-state index is 0.707. The molecule has 0 aliphatic rings. The van der Waals surface area contributed by atoms with Crippen LogP contribution in [0.3, 0.4) is 0 Å². The molecule has 0 fully saturated rings. The van der Waals surface area contributed by atoms with Crippen molar-refractivity contribution in [2.24, 2.45) is 5.73 Å². The lowest BCUT2D eigenvalue weighted by atomic mass is 10.3. The summed E-state index contributed by atoms with van der Waals surface area (Å²) in [5, 5.41) is 0. The van der Waals surface area contributed by atoms with Gasteiger partial charge in [0.2, 0.25) is 0 Å². The Morgan fingerprint density at radius 3 is 1.25 bits per heavy atom. The van der Waals surface area contributed by atoms with Crippen molar-refractivity contribution in [3.63, 3.8) is 0 Å². The van der Waals surface area contributed by atoms with E-state index in [4.69, 9.17) is 23.4 Å². The maximum atomic E-state index is 5.97. The summed E-state index contributed by atoms with van der Waals surface area (Å²) in [5.74, 6) is 0. The Labute approximate surface area is 178 Å². The minimum Gasteiger partial charge on any atom is -0.397 e. The van der Waals surface area contributed by atoms with Gasteiger partial charge >= 0.3 is 18.6 Å². The standard InChI is InChI=1S/C20H48N2O4Si2/c1-5-15-23-27(24-16-6-2)19-9-12-22(14-11-21)13-10-20-28(25-17-7-3)26-18-8-4/h27-28H,5-21H2,1-4H3. The zero-order chi connectivity index (χ0) is 20.9. The highest BCUT2D eigenvalue weighted by molar-refractivity contribution is 6.44. The van der Waals surface area contributed by atoms with Crippen LogP contribution in [-0.2, 0) is 17.7 Å². The van der Waals surface area contributed by atoms with Gasteiger partial charge in [0.15, 0.2) is 0 Å². The lowest BCUT2D eigenvalue weighted by molar-refractivity contribution is 0.190. The van der Waals surface area contributed by atoms with Crippen molar-refractivity contribution >= 4 is 18.6 Å². The van der Waals surface area contributed by atoms with Gasteiger partial charge in [-0.25, -0.2) is 0 Å². The molecular formula is C20H48N2O4Si2. The molecule has 0 heterocycles. The molecule has 0 bridgehead atoms. The van der Waals surface area contributed by atoms with Gasteiger partial charge in [0.25, 0.3) is 0 Å². The number of nitrogens with two attached hydrogens (primary N) is 1. The first-order valence-corrected chi connectivity index (χ1v) is 15.1. The number of hydrogen-bond donors (Lipinski definition) is 1. The van der Waals surface area contributed by atoms with Crippen LogP contribution in [0.25, 0.3) is 0 Å². The number of nitrogens with zero attached hydrogens (tertiary/aromatic N) is 1. The lowest BCUT2D eigenvalue weighted by Gasteiger charge is -2.24. The van der Waals surface area contributed by atoms with E-state index < -0.39 is 18.6 Å². The molecule has 0 saturated heterocycles. The van der Waals surface area contributed by atoms with Gasteiger partial charge in [0.05, 0.1) is 0 Å². The highest BCUT2D eigenvalue weighted by Crippen LogP contribution is 2.08. The molecule has 0 amide bonds. The molecule has 0 aromatic heterocycles. The number of rotatable bonds is 22. The lowest BCUT2D eigenvalue weighted by Crippen LogP contribution is -2.34. The Morgan fingerprint density at radius 1 is 0.607 bits per heavy atom. The molecular weight excluding hydrogens is 388 g/mol. The van der Waals surface area contributed by atoms with Crippen LogP contribution in [0.1, 0.15) is 66.2 Å². The Kier molecular flexibility index (Phi) is 22.0. The predicted octanol–water partition coefficient (Wildman–Crippen LogP) is 3.17. The molecule has 0 radical (unpaired) electrons. The van der Waals surface area contributed by atoms with Crippen LogP contribution in [0.4, 0.5) is 0 Å². The van der Waals surface area contributed by atoms with Crippen molar-refractivity contribution in [3.05, 3.63) is 0 Å². The zero-order valence-electron chi connectivity index (χ0n) is 19.1. The van der Waals surface area contributed by atoms with Gasteiger partial charge in [-0.1, -0.05) is 27.7 Å². The average molecular weight is 437 g/mol.